The molecule has 0 atom stereocenters. The summed E-state index contributed by atoms with van der Waals surface area (Å²) in [5, 5.41) is -0.217. The minimum atomic E-state index is -3.23. The summed E-state index contributed by atoms with van der Waals surface area (Å²) in [6.07, 6.45) is 4.74. The molecular formula is C24H29FN4O2S. The van der Waals surface area contributed by atoms with Gasteiger partial charge in [-0.3, -0.25) is 0 Å². The molecule has 0 unspecified atom stereocenters. The highest BCUT2D eigenvalue weighted by Gasteiger charge is 2.35. The number of imidazole rings is 1. The zero-order valence-electron chi connectivity index (χ0n) is 18.2. The number of nitrogens with zero attached hydrogens (tertiary/aromatic N) is 4. The van der Waals surface area contributed by atoms with Crippen LogP contribution in [0, 0.1) is 5.82 Å². The van der Waals surface area contributed by atoms with Crippen molar-refractivity contribution >= 4 is 27.0 Å². The van der Waals surface area contributed by atoms with E-state index in [9.17, 15) is 12.8 Å². The fourth-order valence-corrected chi connectivity index (χ4v) is 6.97. The van der Waals surface area contributed by atoms with Crippen molar-refractivity contribution in [2.45, 2.75) is 43.9 Å². The van der Waals surface area contributed by atoms with Crippen LogP contribution < -0.4 is 4.90 Å². The number of para-hydroxylation sites is 2. The van der Waals surface area contributed by atoms with E-state index >= 15 is 0 Å². The third-order valence-corrected chi connectivity index (χ3v) is 9.14. The van der Waals surface area contributed by atoms with Gasteiger partial charge in [-0.15, -0.1) is 0 Å². The molecule has 1 aliphatic carbocycles. The van der Waals surface area contributed by atoms with Crippen LogP contribution in [0.1, 0.15) is 37.7 Å². The van der Waals surface area contributed by atoms with Crippen LogP contribution in [-0.4, -0.2) is 53.7 Å². The predicted molar refractivity (Wildman–Crippen MR) is 125 cm³/mol. The highest BCUT2D eigenvalue weighted by atomic mass is 32.2. The van der Waals surface area contributed by atoms with Crippen molar-refractivity contribution in [3.05, 3.63) is 59.9 Å². The van der Waals surface area contributed by atoms with E-state index in [0.29, 0.717) is 32.7 Å². The zero-order valence-corrected chi connectivity index (χ0v) is 19.0. The van der Waals surface area contributed by atoms with Crippen molar-refractivity contribution in [3.8, 4) is 0 Å². The fraction of sp³-hybridized carbons (Fsp3) is 0.458. The molecule has 1 aliphatic heterocycles. The quantitative estimate of drug-likeness (QED) is 0.582. The van der Waals surface area contributed by atoms with Gasteiger partial charge >= 0.3 is 0 Å². The lowest BCUT2D eigenvalue weighted by molar-refractivity contribution is 0.364. The van der Waals surface area contributed by atoms with E-state index in [4.69, 9.17) is 4.98 Å². The van der Waals surface area contributed by atoms with Gasteiger partial charge in [0.1, 0.15) is 5.82 Å². The lowest BCUT2D eigenvalue weighted by atomic mass is 10.0. The Morgan fingerprint density at radius 1 is 0.906 bits per heavy atom. The number of sulfonamides is 1. The van der Waals surface area contributed by atoms with Gasteiger partial charge in [0.15, 0.2) is 0 Å². The Kier molecular flexibility index (Phi) is 5.90. The van der Waals surface area contributed by atoms with E-state index in [1.54, 1.807) is 16.4 Å². The van der Waals surface area contributed by atoms with E-state index in [1.807, 2.05) is 24.3 Å². The molecule has 1 saturated heterocycles. The number of fused-ring (bicyclic) bond motifs is 1. The average molecular weight is 457 g/mol. The smallest absolute Gasteiger partial charge is 0.217 e. The number of halogens is 1. The Morgan fingerprint density at radius 2 is 1.59 bits per heavy atom. The van der Waals surface area contributed by atoms with Gasteiger partial charge < -0.3 is 9.47 Å². The van der Waals surface area contributed by atoms with Crippen molar-refractivity contribution < 1.29 is 12.8 Å². The number of rotatable bonds is 5. The standard InChI is InChI=1S/C24H29FN4O2S/c25-20-12-10-19(11-13-20)18-29-23-9-5-4-8-22(23)26-24(29)27-14-16-28(17-15-27)32(30,31)21-6-2-1-3-7-21/h4-5,8-13,21H,1-3,6-7,14-18H2. The van der Waals surface area contributed by atoms with E-state index in [1.165, 1.54) is 12.1 Å². The molecule has 0 radical (unpaired) electrons. The second kappa shape index (κ2) is 8.83. The van der Waals surface area contributed by atoms with Gasteiger partial charge in [-0.2, -0.15) is 4.31 Å². The Morgan fingerprint density at radius 3 is 2.31 bits per heavy atom. The lowest BCUT2D eigenvalue weighted by Crippen LogP contribution is -2.52. The number of hydrogen-bond acceptors (Lipinski definition) is 4. The number of benzene rings is 2. The highest BCUT2D eigenvalue weighted by Crippen LogP contribution is 2.29. The van der Waals surface area contributed by atoms with E-state index < -0.39 is 10.0 Å². The van der Waals surface area contributed by atoms with Crippen LogP contribution in [0.15, 0.2) is 48.5 Å². The van der Waals surface area contributed by atoms with E-state index in [2.05, 4.69) is 9.47 Å². The maximum Gasteiger partial charge on any atom is 0.217 e. The predicted octanol–water partition coefficient (Wildman–Crippen LogP) is 4.01. The van der Waals surface area contributed by atoms with Crippen LogP contribution in [-0.2, 0) is 16.6 Å². The molecule has 2 aromatic carbocycles. The summed E-state index contributed by atoms with van der Waals surface area (Å²) in [6.45, 7) is 2.77. The Hall–Kier alpha value is -2.45. The molecule has 1 saturated carbocycles. The summed E-state index contributed by atoms with van der Waals surface area (Å²) in [5.74, 6) is 0.588. The van der Waals surface area contributed by atoms with E-state index in [0.717, 1.165) is 54.6 Å². The minimum Gasteiger partial charge on any atom is -0.340 e. The number of anilines is 1. The molecule has 1 aromatic heterocycles. The topological polar surface area (TPSA) is 58.4 Å². The van der Waals surface area contributed by atoms with Gasteiger partial charge in [0, 0.05) is 26.2 Å². The minimum absolute atomic E-state index is 0.217. The van der Waals surface area contributed by atoms with Crippen molar-refractivity contribution in [1.82, 2.24) is 13.9 Å². The summed E-state index contributed by atoms with van der Waals surface area (Å²) in [6, 6.07) is 14.5. The van der Waals surface area contributed by atoms with Gasteiger partial charge in [-0.25, -0.2) is 17.8 Å². The third-order valence-electron chi connectivity index (χ3n) is 6.74. The van der Waals surface area contributed by atoms with Crippen LogP contribution >= 0.6 is 0 Å². The first kappa shape index (κ1) is 21.4. The molecule has 2 heterocycles. The molecule has 5 rings (SSSR count). The first-order valence-corrected chi connectivity index (χ1v) is 13.0. The summed E-state index contributed by atoms with van der Waals surface area (Å²) < 4.78 is 43.4. The van der Waals surface area contributed by atoms with Crippen LogP contribution in [0.4, 0.5) is 10.3 Å². The molecule has 0 bridgehead atoms. The second-order valence-corrected chi connectivity index (χ2v) is 11.0. The molecule has 2 fully saturated rings. The fourth-order valence-electron chi connectivity index (χ4n) is 4.95. The van der Waals surface area contributed by atoms with Gasteiger partial charge in [0.25, 0.3) is 0 Å². The zero-order chi connectivity index (χ0) is 22.1. The normalized spacial score (nSPS) is 19.0. The Bertz CT molecular complexity index is 1180. The monoisotopic (exact) mass is 456 g/mol. The van der Waals surface area contributed by atoms with Gasteiger partial charge in [-0.1, -0.05) is 43.5 Å². The first-order valence-electron chi connectivity index (χ1n) is 11.5. The Balaban J connectivity index is 1.38. The molecule has 2 aliphatic rings. The van der Waals surface area contributed by atoms with Gasteiger partial charge in [0.2, 0.25) is 16.0 Å². The molecule has 170 valence electrons. The maximum atomic E-state index is 13.4. The summed E-state index contributed by atoms with van der Waals surface area (Å²) in [5.41, 5.74) is 2.92. The third kappa shape index (κ3) is 4.13. The van der Waals surface area contributed by atoms with Crippen molar-refractivity contribution in [1.29, 1.82) is 0 Å². The van der Waals surface area contributed by atoms with Gasteiger partial charge in [-0.05, 0) is 42.7 Å². The first-order chi connectivity index (χ1) is 15.5. The van der Waals surface area contributed by atoms with Crippen molar-refractivity contribution in [2.24, 2.45) is 0 Å². The molecule has 3 aromatic rings. The largest absolute Gasteiger partial charge is 0.340 e. The summed E-state index contributed by atoms with van der Waals surface area (Å²) in [4.78, 5) is 7.05. The SMILES string of the molecule is O=S(=O)(C1CCCCC1)N1CCN(c2nc3ccccc3n2Cc2ccc(F)cc2)CC1. The van der Waals surface area contributed by atoms with E-state index in [-0.39, 0.29) is 11.1 Å². The summed E-state index contributed by atoms with van der Waals surface area (Å²) in [7, 11) is -3.23. The van der Waals surface area contributed by atoms with Crippen molar-refractivity contribution in [3.63, 3.8) is 0 Å². The van der Waals surface area contributed by atoms with Gasteiger partial charge in [0.05, 0.1) is 22.8 Å². The number of hydrogen-bond donors (Lipinski definition) is 0. The number of aromatic nitrogens is 2. The second-order valence-electron chi connectivity index (χ2n) is 8.80. The molecule has 0 amide bonds. The highest BCUT2D eigenvalue weighted by molar-refractivity contribution is 7.89. The lowest BCUT2D eigenvalue weighted by Gasteiger charge is -2.37. The molecule has 0 N–H and O–H groups in total. The average Bonchev–Trinajstić information content (AvgIpc) is 3.19. The molecule has 6 nitrogen and oxygen atoms in total. The molecule has 0 spiro atoms. The van der Waals surface area contributed by atoms with Crippen LogP contribution in [0.2, 0.25) is 0 Å². The molecular weight excluding hydrogens is 427 g/mol. The van der Waals surface area contributed by atoms with Crippen LogP contribution in [0.25, 0.3) is 11.0 Å². The van der Waals surface area contributed by atoms with Crippen molar-refractivity contribution in [2.75, 3.05) is 31.1 Å². The molecule has 32 heavy (non-hydrogen) atoms. The molecule has 8 heteroatoms. The van der Waals surface area contributed by atoms with Crippen LogP contribution in [0.3, 0.4) is 0 Å². The summed E-state index contributed by atoms with van der Waals surface area (Å²) >= 11 is 0. The number of piperazine rings is 1. The maximum absolute atomic E-state index is 13.4. The van der Waals surface area contributed by atoms with Crippen LogP contribution in [0.5, 0.6) is 0 Å². The Labute approximate surface area is 188 Å².